The van der Waals surface area contributed by atoms with E-state index in [1.807, 2.05) is 39.0 Å². The van der Waals surface area contributed by atoms with Crippen molar-refractivity contribution < 1.29 is 19.4 Å². The van der Waals surface area contributed by atoms with E-state index in [-0.39, 0.29) is 11.3 Å². The van der Waals surface area contributed by atoms with E-state index in [0.29, 0.717) is 34.2 Å². The smallest absolute Gasteiger partial charge is 0.300 e. The van der Waals surface area contributed by atoms with Gasteiger partial charge in [-0.1, -0.05) is 17.7 Å². The molecule has 1 fully saturated rings. The monoisotopic (exact) mass is 462 g/mol. The van der Waals surface area contributed by atoms with Crippen molar-refractivity contribution >= 4 is 34.7 Å². The zero-order valence-electron chi connectivity index (χ0n) is 18.5. The van der Waals surface area contributed by atoms with Gasteiger partial charge in [0.15, 0.2) is 0 Å². The minimum atomic E-state index is -0.819. The van der Waals surface area contributed by atoms with Crippen LogP contribution in [0.2, 0.25) is 5.02 Å². The fraction of sp³-hybridized carbons (Fsp3) is 0.192. The Hall–Kier alpha value is -3.64. The molecule has 1 aliphatic heterocycles. The van der Waals surface area contributed by atoms with Gasteiger partial charge in [-0.15, -0.1) is 0 Å². The maximum absolute atomic E-state index is 13.3. The Morgan fingerprint density at radius 1 is 1.06 bits per heavy atom. The van der Waals surface area contributed by atoms with Crippen molar-refractivity contribution in [1.29, 1.82) is 0 Å². The first-order valence-corrected chi connectivity index (χ1v) is 10.9. The molecule has 1 saturated heterocycles. The van der Waals surface area contributed by atoms with Gasteiger partial charge in [-0.25, -0.2) is 0 Å². The van der Waals surface area contributed by atoms with Gasteiger partial charge in [0.2, 0.25) is 0 Å². The molecule has 1 N–H and O–H groups in total. The van der Waals surface area contributed by atoms with Crippen molar-refractivity contribution in [3.05, 3.63) is 93.8 Å². The lowest BCUT2D eigenvalue weighted by Gasteiger charge is -2.26. The number of amides is 1. The van der Waals surface area contributed by atoms with Crippen LogP contribution in [-0.2, 0) is 9.59 Å². The van der Waals surface area contributed by atoms with E-state index >= 15 is 0 Å². The summed E-state index contributed by atoms with van der Waals surface area (Å²) >= 11 is 6.19. The molecule has 0 spiro atoms. The summed E-state index contributed by atoms with van der Waals surface area (Å²) in [5, 5.41) is 11.6. The molecule has 1 atom stereocenters. The van der Waals surface area contributed by atoms with Crippen LogP contribution in [0.4, 0.5) is 5.69 Å². The average Bonchev–Trinajstić information content (AvgIpc) is 3.05. The number of ether oxygens (including phenoxy) is 1. The van der Waals surface area contributed by atoms with Gasteiger partial charge in [-0.2, -0.15) is 0 Å². The first-order valence-electron chi connectivity index (χ1n) is 10.5. The maximum atomic E-state index is 13.3. The molecule has 0 bridgehead atoms. The number of aryl methyl sites for hydroxylation is 2. The van der Waals surface area contributed by atoms with Gasteiger partial charge in [-0.3, -0.25) is 19.5 Å². The number of halogens is 1. The zero-order valence-corrected chi connectivity index (χ0v) is 19.3. The summed E-state index contributed by atoms with van der Waals surface area (Å²) in [4.78, 5) is 32.0. The molecule has 33 heavy (non-hydrogen) atoms. The Morgan fingerprint density at radius 3 is 2.36 bits per heavy atom. The average molecular weight is 463 g/mol. The Balaban J connectivity index is 1.94. The molecule has 1 aromatic heterocycles. The van der Waals surface area contributed by atoms with E-state index in [1.165, 1.54) is 4.90 Å². The Kier molecular flexibility index (Phi) is 6.20. The number of nitrogens with zero attached hydrogens (tertiary/aromatic N) is 2. The van der Waals surface area contributed by atoms with Crippen LogP contribution in [0.1, 0.15) is 35.2 Å². The standard InChI is InChI=1S/C26H23ClN2O4/c1-4-33-21-14-18(5-6-20(21)27)24(30)22-23(17-7-9-28-10-8-17)29(26(32)25(22)31)19-12-15(2)11-16(3)13-19/h5-14,23,30H,4H2,1-3H3/b24-22-. The molecule has 2 heterocycles. The number of carbonyl (C=O) groups is 2. The number of aromatic nitrogens is 1. The summed E-state index contributed by atoms with van der Waals surface area (Å²) in [7, 11) is 0. The van der Waals surface area contributed by atoms with Gasteiger partial charge < -0.3 is 9.84 Å². The summed E-state index contributed by atoms with van der Waals surface area (Å²) in [6, 6.07) is 13.1. The molecule has 3 aromatic rings. The van der Waals surface area contributed by atoms with Crippen LogP contribution in [0.25, 0.3) is 5.76 Å². The van der Waals surface area contributed by atoms with Crippen LogP contribution >= 0.6 is 11.6 Å². The second-order valence-electron chi connectivity index (χ2n) is 7.87. The Labute approximate surface area is 197 Å². The SMILES string of the molecule is CCOc1cc(/C(O)=C2/C(=O)C(=O)N(c3cc(C)cc(C)c3)C2c2ccncc2)ccc1Cl. The van der Waals surface area contributed by atoms with Crippen molar-refractivity contribution in [2.45, 2.75) is 26.8 Å². The normalized spacial score (nSPS) is 17.5. The lowest BCUT2D eigenvalue weighted by molar-refractivity contribution is -0.132. The predicted molar refractivity (Wildman–Crippen MR) is 128 cm³/mol. The molecule has 2 aromatic carbocycles. The second-order valence-corrected chi connectivity index (χ2v) is 8.28. The fourth-order valence-electron chi connectivity index (χ4n) is 4.12. The van der Waals surface area contributed by atoms with Crippen molar-refractivity contribution in [1.82, 2.24) is 4.98 Å². The number of rotatable bonds is 5. The molecule has 1 amide bonds. The second kappa shape index (κ2) is 9.08. The largest absolute Gasteiger partial charge is 0.507 e. The molecule has 168 valence electrons. The van der Waals surface area contributed by atoms with Gasteiger partial charge in [0.05, 0.1) is 23.2 Å². The van der Waals surface area contributed by atoms with Gasteiger partial charge in [0.1, 0.15) is 11.5 Å². The number of carbonyl (C=O) groups excluding carboxylic acids is 2. The summed E-state index contributed by atoms with van der Waals surface area (Å²) in [6.07, 6.45) is 3.18. The minimum Gasteiger partial charge on any atom is -0.507 e. The molecule has 6 nitrogen and oxygen atoms in total. The number of aliphatic hydroxyl groups is 1. The van der Waals surface area contributed by atoms with Crippen LogP contribution in [0, 0.1) is 13.8 Å². The zero-order chi connectivity index (χ0) is 23.7. The van der Waals surface area contributed by atoms with Gasteiger partial charge >= 0.3 is 0 Å². The number of hydrogen-bond donors (Lipinski definition) is 1. The van der Waals surface area contributed by atoms with Crippen LogP contribution in [0.5, 0.6) is 5.75 Å². The highest BCUT2D eigenvalue weighted by atomic mass is 35.5. The maximum Gasteiger partial charge on any atom is 0.300 e. The van der Waals surface area contributed by atoms with Gasteiger partial charge in [0.25, 0.3) is 11.7 Å². The third-order valence-corrected chi connectivity index (χ3v) is 5.77. The number of Topliss-reactive ketones (excluding diaryl/α,β-unsaturated/α-hetero) is 1. The summed E-state index contributed by atoms with van der Waals surface area (Å²) in [5.41, 5.74) is 3.49. The number of pyridine rings is 1. The first-order chi connectivity index (χ1) is 15.8. The molecule has 0 aliphatic carbocycles. The quantitative estimate of drug-likeness (QED) is 0.313. The molecular formula is C26H23ClN2O4. The number of ketones is 1. The highest BCUT2D eigenvalue weighted by molar-refractivity contribution is 6.51. The van der Waals surface area contributed by atoms with Crippen LogP contribution in [0.15, 0.2) is 66.5 Å². The summed E-state index contributed by atoms with van der Waals surface area (Å²) < 4.78 is 5.53. The van der Waals surface area contributed by atoms with Crippen LogP contribution < -0.4 is 9.64 Å². The lowest BCUT2D eigenvalue weighted by atomic mass is 9.95. The van der Waals surface area contributed by atoms with Crippen molar-refractivity contribution in [2.24, 2.45) is 0 Å². The highest BCUT2D eigenvalue weighted by Crippen LogP contribution is 2.43. The van der Waals surface area contributed by atoms with E-state index in [0.717, 1.165) is 11.1 Å². The van der Waals surface area contributed by atoms with E-state index in [9.17, 15) is 14.7 Å². The third kappa shape index (κ3) is 4.22. The predicted octanol–water partition coefficient (Wildman–Crippen LogP) is 5.38. The van der Waals surface area contributed by atoms with Gasteiger partial charge in [-0.05, 0) is 79.9 Å². The van der Waals surface area contributed by atoms with Crippen LogP contribution in [-0.4, -0.2) is 28.4 Å². The highest BCUT2D eigenvalue weighted by Gasteiger charge is 2.47. The fourth-order valence-corrected chi connectivity index (χ4v) is 4.29. The Bertz CT molecular complexity index is 1250. The topological polar surface area (TPSA) is 79.7 Å². The molecule has 1 aliphatic rings. The first kappa shape index (κ1) is 22.6. The third-order valence-electron chi connectivity index (χ3n) is 5.46. The van der Waals surface area contributed by atoms with Crippen LogP contribution in [0.3, 0.4) is 0 Å². The molecule has 4 rings (SSSR count). The van der Waals surface area contributed by atoms with E-state index in [4.69, 9.17) is 16.3 Å². The molecular weight excluding hydrogens is 440 g/mol. The molecule has 7 heteroatoms. The minimum absolute atomic E-state index is 0.00451. The van der Waals surface area contributed by atoms with E-state index in [2.05, 4.69) is 4.98 Å². The number of hydrogen-bond acceptors (Lipinski definition) is 5. The number of aliphatic hydroxyl groups excluding tert-OH is 1. The van der Waals surface area contributed by atoms with E-state index < -0.39 is 17.7 Å². The van der Waals surface area contributed by atoms with Crippen molar-refractivity contribution in [2.75, 3.05) is 11.5 Å². The van der Waals surface area contributed by atoms with Crippen molar-refractivity contribution in [3.8, 4) is 5.75 Å². The van der Waals surface area contributed by atoms with Gasteiger partial charge in [0, 0.05) is 23.6 Å². The lowest BCUT2D eigenvalue weighted by Crippen LogP contribution is -2.29. The molecule has 0 saturated carbocycles. The summed E-state index contributed by atoms with van der Waals surface area (Å²) in [6.45, 7) is 6.06. The number of anilines is 1. The molecule has 1 unspecified atom stereocenters. The van der Waals surface area contributed by atoms with E-state index in [1.54, 1.807) is 42.7 Å². The Morgan fingerprint density at radius 2 is 1.73 bits per heavy atom. The molecule has 0 radical (unpaired) electrons. The van der Waals surface area contributed by atoms with Crippen molar-refractivity contribution in [3.63, 3.8) is 0 Å². The number of benzene rings is 2. The summed E-state index contributed by atoms with van der Waals surface area (Å²) in [5.74, 6) is -1.38.